The van der Waals surface area contributed by atoms with Gasteiger partial charge in [-0.25, -0.2) is 0 Å². The largest absolute Gasteiger partial charge is 0.324 e. The summed E-state index contributed by atoms with van der Waals surface area (Å²) in [7, 11) is 0. The van der Waals surface area contributed by atoms with Crippen LogP contribution in [0.4, 0.5) is 11.4 Å². The molecular weight excluding hydrogens is 258 g/mol. The smallest absolute Gasteiger partial charge is 0.269 e. The molecule has 0 aliphatic heterocycles. The van der Waals surface area contributed by atoms with Crippen molar-refractivity contribution in [1.29, 1.82) is 0 Å². The van der Waals surface area contributed by atoms with E-state index >= 15 is 0 Å². The molecular formula is C14H13N3O3. The summed E-state index contributed by atoms with van der Waals surface area (Å²) in [4.78, 5) is 26.1. The molecule has 0 spiro atoms. The Kier molecular flexibility index (Phi) is 4.05. The molecule has 6 heteroatoms. The number of anilines is 1. The Hall–Kier alpha value is -2.76. The molecule has 1 N–H and O–H groups in total. The number of nitro groups is 1. The maximum Gasteiger partial charge on any atom is 0.269 e. The highest BCUT2D eigenvalue weighted by atomic mass is 16.6. The number of carbonyl (C=O) groups is 1. The average Bonchev–Trinajstić information content (AvgIpc) is 2.47. The van der Waals surface area contributed by atoms with Gasteiger partial charge in [-0.2, -0.15) is 0 Å². The topological polar surface area (TPSA) is 85.1 Å². The first-order valence-corrected chi connectivity index (χ1v) is 6.03. The van der Waals surface area contributed by atoms with Gasteiger partial charge in [-0.1, -0.05) is 12.1 Å². The van der Waals surface area contributed by atoms with Gasteiger partial charge in [-0.15, -0.1) is 0 Å². The lowest BCUT2D eigenvalue weighted by atomic mass is 10.00. The van der Waals surface area contributed by atoms with Gasteiger partial charge >= 0.3 is 0 Å². The third kappa shape index (κ3) is 3.17. The summed E-state index contributed by atoms with van der Waals surface area (Å²) in [6.07, 6.45) is 3.18. The highest BCUT2D eigenvalue weighted by Crippen LogP contribution is 2.20. The number of hydrogen-bond donors (Lipinski definition) is 1. The lowest BCUT2D eigenvalue weighted by molar-refractivity contribution is -0.384. The van der Waals surface area contributed by atoms with Gasteiger partial charge < -0.3 is 5.32 Å². The molecule has 0 fully saturated rings. The van der Waals surface area contributed by atoms with Crippen LogP contribution in [0.3, 0.4) is 0 Å². The van der Waals surface area contributed by atoms with Gasteiger partial charge in [0, 0.05) is 18.3 Å². The molecule has 0 saturated heterocycles. The van der Waals surface area contributed by atoms with E-state index in [0.29, 0.717) is 5.69 Å². The van der Waals surface area contributed by atoms with Crippen LogP contribution in [0, 0.1) is 10.1 Å². The number of nitrogens with zero attached hydrogens (tertiary/aromatic N) is 2. The van der Waals surface area contributed by atoms with Crippen molar-refractivity contribution < 1.29 is 9.72 Å². The predicted octanol–water partition coefficient (Wildman–Crippen LogP) is 2.73. The molecule has 1 aromatic heterocycles. The highest BCUT2D eigenvalue weighted by molar-refractivity contribution is 5.95. The van der Waals surface area contributed by atoms with E-state index in [2.05, 4.69) is 10.3 Å². The van der Waals surface area contributed by atoms with Crippen LogP contribution in [-0.2, 0) is 4.79 Å². The second-order valence-corrected chi connectivity index (χ2v) is 4.30. The van der Waals surface area contributed by atoms with Gasteiger partial charge in [0.1, 0.15) is 0 Å². The summed E-state index contributed by atoms with van der Waals surface area (Å²) >= 11 is 0. The Morgan fingerprint density at radius 1 is 1.30 bits per heavy atom. The number of hydrogen-bond acceptors (Lipinski definition) is 4. The zero-order chi connectivity index (χ0) is 14.5. The molecule has 2 aromatic rings. The van der Waals surface area contributed by atoms with E-state index in [-0.39, 0.29) is 11.6 Å². The summed E-state index contributed by atoms with van der Waals surface area (Å²) in [6.45, 7) is 1.74. The van der Waals surface area contributed by atoms with Gasteiger partial charge in [-0.05, 0) is 24.6 Å². The number of carbonyl (C=O) groups excluding carboxylic acids is 1. The molecule has 0 radical (unpaired) electrons. The van der Waals surface area contributed by atoms with Crippen molar-refractivity contribution in [2.75, 3.05) is 5.32 Å². The number of rotatable bonds is 4. The Morgan fingerprint density at radius 3 is 2.55 bits per heavy atom. The van der Waals surface area contributed by atoms with E-state index in [4.69, 9.17) is 0 Å². The van der Waals surface area contributed by atoms with Crippen LogP contribution in [0.15, 0.2) is 48.8 Å². The third-order valence-electron chi connectivity index (χ3n) is 2.93. The fourth-order valence-corrected chi connectivity index (χ4v) is 1.72. The number of nitrogens with one attached hydrogen (secondary N) is 1. The molecule has 0 unspecified atom stereocenters. The van der Waals surface area contributed by atoms with Gasteiger partial charge in [0.25, 0.3) is 5.69 Å². The zero-order valence-corrected chi connectivity index (χ0v) is 10.8. The minimum atomic E-state index is -0.468. The summed E-state index contributed by atoms with van der Waals surface area (Å²) in [5.41, 5.74) is 1.34. The molecule has 1 amide bonds. The Balaban J connectivity index is 2.08. The van der Waals surface area contributed by atoms with Crippen LogP contribution in [0.2, 0.25) is 0 Å². The van der Waals surface area contributed by atoms with Crippen molar-refractivity contribution in [2.45, 2.75) is 12.8 Å². The highest BCUT2D eigenvalue weighted by Gasteiger charge is 2.16. The molecule has 0 saturated carbocycles. The summed E-state index contributed by atoms with van der Waals surface area (Å²) in [6, 6.07) is 9.43. The molecule has 102 valence electrons. The molecule has 1 heterocycles. The number of benzene rings is 1. The minimum Gasteiger partial charge on any atom is -0.324 e. The molecule has 20 heavy (non-hydrogen) atoms. The Bertz CT molecular complexity index is 611. The van der Waals surface area contributed by atoms with Gasteiger partial charge in [-0.3, -0.25) is 19.9 Å². The Labute approximate surface area is 115 Å². The first-order chi connectivity index (χ1) is 9.58. The molecule has 6 nitrogen and oxygen atoms in total. The first kappa shape index (κ1) is 13.7. The van der Waals surface area contributed by atoms with Crippen LogP contribution < -0.4 is 5.32 Å². The second-order valence-electron chi connectivity index (χ2n) is 4.30. The fraction of sp³-hybridized carbons (Fsp3) is 0.143. The number of nitro benzene ring substituents is 1. The van der Waals surface area contributed by atoms with Crippen LogP contribution in [0.1, 0.15) is 18.4 Å². The van der Waals surface area contributed by atoms with Gasteiger partial charge in [0.05, 0.1) is 22.7 Å². The maximum absolute atomic E-state index is 12.1. The Morgan fingerprint density at radius 2 is 2.00 bits per heavy atom. The second kappa shape index (κ2) is 5.92. The van der Waals surface area contributed by atoms with Crippen molar-refractivity contribution >= 4 is 17.3 Å². The van der Waals surface area contributed by atoms with Crippen molar-refractivity contribution in [3.05, 3.63) is 64.5 Å². The predicted molar refractivity (Wildman–Crippen MR) is 74.4 cm³/mol. The molecule has 2 rings (SSSR count). The summed E-state index contributed by atoms with van der Waals surface area (Å²) in [5, 5.41) is 13.3. The van der Waals surface area contributed by atoms with Crippen LogP contribution >= 0.6 is 0 Å². The van der Waals surface area contributed by atoms with E-state index < -0.39 is 10.8 Å². The number of pyridine rings is 1. The molecule has 0 aliphatic rings. The lowest BCUT2D eigenvalue weighted by Crippen LogP contribution is -2.18. The van der Waals surface area contributed by atoms with Crippen molar-refractivity contribution in [2.24, 2.45) is 0 Å². The SMILES string of the molecule is C[C@H](C(=O)Nc1cccnc1)c1ccc([N+](=O)[O-])cc1. The summed E-state index contributed by atoms with van der Waals surface area (Å²) < 4.78 is 0. The molecule has 1 atom stereocenters. The number of aromatic nitrogens is 1. The monoisotopic (exact) mass is 271 g/mol. The number of amides is 1. The van der Waals surface area contributed by atoms with E-state index in [9.17, 15) is 14.9 Å². The average molecular weight is 271 g/mol. The number of non-ortho nitro benzene ring substituents is 1. The van der Waals surface area contributed by atoms with Crippen LogP contribution in [-0.4, -0.2) is 15.8 Å². The van der Waals surface area contributed by atoms with Gasteiger partial charge in [0.2, 0.25) is 5.91 Å². The van der Waals surface area contributed by atoms with Crippen molar-refractivity contribution in [3.8, 4) is 0 Å². The quantitative estimate of drug-likeness (QED) is 0.684. The van der Waals surface area contributed by atoms with E-state index in [1.165, 1.54) is 12.1 Å². The molecule has 0 bridgehead atoms. The lowest BCUT2D eigenvalue weighted by Gasteiger charge is -2.12. The fourth-order valence-electron chi connectivity index (χ4n) is 1.72. The van der Waals surface area contributed by atoms with Crippen molar-refractivity contribution in [1.82, 2.24) is 4.98 Å². The van der Waals surface area contributed by atoms with E-state index in [0.717, 1.165) is 5.56 Å². The third-order valence-corrected chi connectivity index (χ3v) is 2.93. The standard InChI is InChI=1S/C14H13N3O3/c1-10(11-4-6-13(7-5-11)17(19)20)14(18)16-12-3-2-8-15-9-12/h2-10H,1H3,(H,16,18)/t10-/m0/s1. The van der Waals surface area contributed by atoms with Crippen LogP contribution in [0.25, 0.3) is 0 Å². The first-order valence-electron chi connectivity index (χ1n) is 6.03. The van der Waals surface area contributed by atoms with E-state index in [1.54, 1.807) is 43.6 Å². The zero-order valence-electron chi connectivity index (χ0n) is 10.8. The molecule has 1 aromatic carbocycles. The summed E-state index contributed by atoms with van der Waals surface area (Å²) in [5.74, 6) is -0.595. The minimum absolute atomic E-state index is 0.00798. The van der Waals surface area contributed by atoms with Gasteiger partial charge in [0.15, 0.2) is 0 Å². The molecule has 0 aliphatic carbocycles. The van der Waals surface area contributed by atoms with Crippen LogP contribution in [0.5, 0.6) is 0 Å². The van der Waals surface area contributed by atoms with Crippen molar-refractivity contribution in [3.63, 3.8) is 0 Å². The van der Waals surface area contributed by atoms with E-state index in [1.807, 2.05) is 0 Å². The maximum atomic E-state index is 12.1. The normalized spacial score (nSPS) is 11.7.